The quantitative estimate of drug-likeness (QED) is 0.730. The van der Waals surface area contributed by atoms with Crippen molar-refractivity contribution in [3.8, 4) is 0 Å². The zero-order chi connectivity index (χ0) is 16.8. The molecule has 0 radical (unpaired) electrons. The van der Waals surface area contributed by atoms with Crippen LogP contribution in [0.15, 0.2) is 18.2 Å². The average molecular weight is 319 g/mol. The minimum absolute atomic E-state index is 0.0233. The first-order valence-electron chi connectivity index (χ1n) is 7.77. The number of carboxylic acid groups (broad SMARTS) is 1. The van der Waals surface area contributed by atoms with Crippen LogP contribution >= 0.6 is 0 Å². The lowest BCUT2D eigenvalue weighted by atomic mass is 9.82. The van der Waals surface area contributed by atoms with Gasteiger partial charge in [0.1, 0.15) is 11.4 Å². The van der Waals surface area contributed by atoms with Gasteiger partial charge in [0.15, 0.2) is 0 Å². The van der Waals surface area contributed by atoms with E-state index in [1.165, 1.54) is 18.2 Å². The fourth-order valence-corrected chi connectivity index (χ4v) is 3.01. The second kappa shape index (κ2) is 7.71. The van der Waals surface area contributed by atoms with Crippen molar-refractivity contribution in [2.75, 3.05) is 0 Å². The number of hydrogen-bond donors (Lipinski definition) is 3. The number of carbonyl (C=O) groups excluding carboxylic acids is 2. The first-order chi connectivity index (χ1) is 11.0. The van der Waals surface area contributed by atoms with Gasteiger partial charge < -0.3 is 16.2 Å². The van der Waals surface area contributed by atoms with E-state index in [2.05, 4.69) is 10.3 Å². The van der Waals surface area contributed by atoms with Gasteiger partial charge in [-0.15, -0.1) is 0 Å². The first kappa shape index (κ1) is 16.9. The number of nitrogens with one attached hydrogen (secondary N) is 1. The molecule has 0 aliphatic heterocycles. The monoisotopic (exact) mass is 319 g/mol. The summed E-state index contributed by atoms with van der Waals surface area (Å²) in [7, 11) is 0. The Hall–Kier alpha value is -2.44. The number of rotatable bonds is 6. The van der Waals surface area contributed by atoms with Crippen molar-refractivity contribution in [1.82, 2.24) is 10.3 Å². The van der Waals surface area contributed by atoms with Crippen LogP contribution in [0.4, 0.5) is 0 Å². The van der Waals surface area contributed by atoms with Gasteiger partial charge in [0.2, 0.25) is 5.91 Å². The standard InChI is InChI=1S/C16H21N3O4/c17-14(20)9-13(10-5-2-1-3-6-10)19-15(21)11-7-4-8-12(18-11)16(22)23/h4,7-8,10,13H,1-3,5-6,9H2,(H2,17,20)(H,19,21)(H,22,23). The van der Waals surface area contributed by atoms with Gasteiger partial charge in [-0.3, -0.25) is 9.59 Å². The van der Waals surface area contributed by atoms with Crippen molar-refractivity contribution >= 4 is 17.8 Å². The van der Waals surface area contributed by atoms with Gasteiger partial charge >= 0.3 is 5.97 Å². The summed E-state index contributed by atoms with van der Waals surface area (Å²) in [6.45, 7) is 0. The minimum Gasteiger partial charge on any atom is -0.477 e. The Kier molecular flexibility index (Phi) is 5.67. The number of amides is 2. The van der Waals surface area contributed by atoms with Crippen molar-refractivity contribution in [3.63, 3.8) is 0 Å². The Morgan fingerprint density at radius 3 is 2.48 bits per heavy atom. The SMILES string of the molecule is NC(=O)CC(NC(=O)c1cccc(C(=O)O)n1)C1CCCCC1. The molecule has 1 unspecified atom stereocenters. The minimum atomic E-state index is -1.19. The van der Waals surface area contributed by atoms with Gasteiger partial charge in [0, 0.05) is 12.5 Å². The highest BCUT2D eigenvalue weighted by atomic mass is 16.4. The third-order valence-electron chi connectivity index (χ3n) is 4.16. The number of nitrogens with two attached hydrogens (primary N) is 1. The van der Waals surface area contributed by atoms with Crippen LogP contribution in [-0.2, 0) is 4.79 Å². The lowest BCUT2D eigenvalue weighted by Crippen LogP contribution is -2.43. The number of aromatic carboxylic acids is 1. The first-order valence-corrected chi connectivity index (χ1v) is 7.77. The van der Waals surface area contributed by atoms with Crippen molar-refractivity contribution in [3.05, 3.63) is 29.6 Å². The van der Waals surface area contributed by atoms with E-state index in [0.29, 0.717) is 0 Å². The summed E-state index contributed by atoms with van der Waals surface area (Å²) in [5.41, 5.74) is 5.13. The molecule has 1 aromatic heterocycles. The molecule has 4 N–H and O–H groups in total. The van der Waals surface area contributed by atoms with E-state index < -0.39 is 17.8 Å². The highest BCUT2D eigenvalue weighted by Gasteiger charge is 2.27. The van der Waals surface area contributed by atoms with Crippen LogP contribution in [-0.4, -0.2) is 33.9 Å². The third kappa shape index (κ3) is 4.77. The number of carbonyl (C=O) groups is 3. The van der Waals surface area contributed by atoms with Crippen molar-refractivity contribution in [2.45, 2.75) is 44.6 Å². The van der Waals surface area contributed by atoms with E-state index in [1.807, 2.05) is 0 Å². The predicted molar refractivity (Wildman–Crippen MR) is 82.8 cm³/mol. The van der Waals surface area contributed by atoms with Crippen LogP contribution in [0.1, 0.15) is 59.5 Å². The molecule has 0 bridgehead atoms. The van der Waals surface area contributed by atoms with Crippen molar-refractivity contribution < 1.29 is 19.5 Å². The molecule has 7 nitrogen and oxygen atoms in total. The third-order valence-corrected chi connectivity index (χ3v) is 4.16. The maximum atomic E-state index is 12.3. The van der Waals surface area contributed by atoms with E-state index in [1.54, 1.807) is 0 Å². The molecular weight excluding hydrogens is 298 g/mol. The van der Waals surface area contributed by atoms with Gasteiger partial charge in [-0.1, -0.05) is 25.3 Å². The Labute approximate surface area is 134 Å². The number of pyridine rings is 1. The number of carboxylic acids is 1. The van der Waals surface area contributed by atoms with Gasteiger partial charge in [-0.05, 0) is 30.9 Å². The molecule has 1 fully saturated rings. The summed E-state index contributed by atoms with van der Waals surface area (Å²) in [5, 5.41) is 11.7. The molecule has 23 heavy (non-hydrogen) atoms. The summed E-state index contributed by atoms with van der Waals surface area (Å²) in [6, 6.07) is 3.90. The van der Waals surface area contributed by atoms with Crippen LogP contribution in [0.5, 0.6) is 0 Å². The van der Waals surface area contributed by atoms with E-state index in [-0.39, 0.29) is 29.8 Å². The summed E-state index contributed by atoms with van der Waals surface area (Å²) < 4.78 is 0. The van der Waals surface area contributed by atoms with Crippen LogP contribution in [0.25, 0.3) is 0 Å². The molecule has 1 saturated carbocycles. The van der Waals surface area contributed by atoms with Crippen molar-refractivity contribution in [2.24, 2.45) is 11.7 Å². The topological polar surface area (TPSA) is 122 Å². The van der Waals surface area contributed by atoms with Crippen LogP contribution < -0.4 is 11.1 Å². The predicted octanol–water partition coefficient (Wildman–Crippen LogP) is 1.33. The highest BCUT2D eigenvalue weighted by molar-refractivity contribution is 5.94. The molecule has 1 aliphatic rings. The average Bonchev–Trinajstić information content (AvgIpc) is 2.54. The van der Waals surface area contributed by atoms with E-state index >= 15 is 0 Å². The molecule has 0 saturated heterocycles. The molecule has 1 atom stereocenters. The lowest BCUT2D eigenvalue weighted by molar-refractivity contribution is -0.118. The summed E-state index contributed by atoms with van der Waals surface area (Å²) in [5.74, 6) is -1.93. The number of nitrogens with zero attached hydrogens (tertiary/aromatic N) is 1. The van der Waals surface area contributed by atoms with Crippen LogP contribution in [0.2, 0.25) is 0 Å². The van der Waals surface area contributed by atoms with Gasteiger partial charge in [0.05, 0.1) is 0 Å². The molecule has 2 rings (SSSR count). The Bertz CT molecular complexity index is 597. The second-order valence-corrected chi connectivity index (χ2v) is 5.86. The zero-order valence-corrected chi connectivity index (χ0v) is 12.8. The smallest absolute Gasteiger partial charge is 0.354 e. The molecule has 1 heterocycles. The van der Waals surface area contributed by atoms with Crippen molar-refractivity contribution in [1.29, 1.82) is 0 Å². The van der Waals surface area contributed by atoms with Crippen LogP contribution in [0.3, 0.4) is 0 Å². The summed E-state index contributed by atoms with van der Waals surface area (Å²) in [4.78, 5) is 38.4. The Morgan fingerprint density at radius 1 is 1.22 bits per heavy atom. The Morgan fingerprint density at radius 2 is 1.87 bits per heavy atom. The lowest BCUT2D eigenvalue weighted by Gasteiger charge is -2.30. The molecule has 124 valence electrons. The molecule has 1 aromatic rings. The van der Waals surface area contributed by atoms with Crippen LogP contribution in [0, 0.1) is 5.92 Å². The molecule has 7 heteroatoms. The molecular formula is C16H21N3O4. The van der Waals surface area contributed by atoms with E-state index in [4.69, 9.17) is 10.8 Å². The largest absolute Gasteiger partial charge is 0.477 e. The normalized spacial score (nSPS) is 16.5. The van der Waals surface area contributed by atoms with Gasteiger partial charge in [0.25, 0.3) is 5.91 Å². The van der Waals surface area contributed by atoms with Gasteiger partial charge in [-0.25, -0.2) is 9.78 Å². The van der Waals surface area contributed by atoms with Gasteiger partial charge in [-0.2, -0.15) is 0 Å². The fourth-order valence-electron chi connectivity index (χ4n) is 3.01. The second-order valence-electron chi connectivity index (χ2n) is 5.86. The molecule has 2 amide bonds. The molecule has 0 spiro atoms. The number of hydrogen-bond acceptors (Lipinski definition) is 4. The summed E-state index contributed by atoms with van der Waals surface area (Å²) >= 11 is 0. The van der Waals surface area contributed by atoms with E-state index in [0.717, 1.165) is 32.1 Å². The zero-order valence-electron chi connectivity index (χ0n) is 12.8. The maximum Gasteiger partial charge on any atom is 0.354 e. The van der Waals surface area contributed by atoms with E-state index in [9.17, 15) is 14.4 Å². The highest BCUT2D eigenvalue weighted by Crippen LogP contribution is 2.27. The molecule has 1 aliphatic carbocycles. The molecule has 0 aromatic carbocycles. The summed E-state index contributed by atoms with van der Waals surface area (Å²) in [6.07, 6.45) is 5.28. The Balaban J connectivity index is 2.11. The number of aromatic nitrogens is 1. The number of primary amides is 1. The maximum absolute atomic E-state index is 12.3. The fraction of sp³-hybridized carbons (Fsp3) is 0.500.